The molecule has 336 valence electrons. The zero-order valence-corrected chi connectivity index (χ0v) is 38.5. The molecule has 59 heavy (non-hydrogen) atoms. The quantitative estimate of drug-likeness (QED) is 0.0424. The number of carbonyl (C=O) groups is 1. The number of aliphatic hydroxyl groups is 2. The number of aliphatic hydroxyl groups excluding tert-OH is 2. The van der Waals surface area contributed by atoms with Crippen LogP contribution in [0.15, 0.2) is 109 Å². The molecule has 0 aliphatic heterocycles. The molecule has 2 unspecified atom stereocenters. The standard InChI is InChI=1S/C55H93NO3/c1-3-5-7-9-11-13-15-17-19-20-21-22-23-24-25-26-27-28-29-30-31-32-33-34-35-36-37-39-41-43-45-47-49-51-55(59)56-53(52-57)54(58)50-48-46-44-42-40-38-18-16-14-12-10-8-6-4-2/h5,7,11,13-14,16-17,19,21-22,24-25,27-28,40,42,48,50,53-54,57-58H,3-4,6,8-10,12,15,18,20,23,26,29-39,41,43-47,49,51-52H2,1-2H3,(H,56,59)/b7-5-,13-11-,16-14+,19-17-,22-21-,25-24-,28-27-,42-40+,50-48+. The molecule has 0 saturated heterocycles. The van der Waals surface area contributed by atoms with E-state index in [2.05, 4.69) is 116 Å². The fraction of sp³-hybridized carbons (Fsp3) is 0.655. The van der Waals surface area contributed by atoms with Gasteiger partial charge in [0.2, 0.25) is 5.91 Å². The minimum absolute atomic E-state index is 0.0840. The van der Waals surface area contributed by atoms with Crippen LogP contribution in [-0.2, 0) is 4.79 Å². The van der Waals surface area contributed by atoms with Gasteiger partial charge in [-0.2, -0.15) is 0 Å². The van der Waals surface area contributed by atoms with Gasteiger partial charge in [0.1, 0.15) is 0 Å². The summed E-state index contributed by atoms with van der Waals surface area (Å²) in [6, 6.07) is -0.651. The maximum atomic E-state index is 12.4. The summed E-state index contributed by atoms with van der Waals surface area (Å²) in [7, 11) is 0. The van der Waals surface area contributed by atoms with Crippen molar-refractivity contribution in [2.75, 3.05) is 6.61 Å². The number of nitrogens with one attached hydrogen (secondary N) is 1. The highest BCUT2D eigenvalue weighted by Crippen LogP contribution is 2.14. The van der Waals surface area contributed by atoms with Crippen LogP contribution in [0.5, 0.6) is 0 Å². The molecule has 0 saturated carbocycles. The van der Waals surface area contributed by atoms with E-state index in [0.717, 1.165) is 77.0 Å². The fourth-order valence-electron chi connectivity index (χ4n) is 6.74. The molecule has 4 nitrogen and oxygen atoms in total. The van der Waals surface area contributed by atoms with Gasteiger partial charge in [0.25, 0.3) is 0 Å². The minimum atomic E-state index is -0.875. The summed E-state index contributed by atoms with van der Waals surface area (Å²) in [6.07, 6.45) is 75.0. The van der Waals surface area contributed by atoms with Gasteiger partial charge in [-0.15, -0.1) is 0 Å². The summed E-state index contributed by atoms with van der Waals surface area (Å²) >= 11 is 0. The third-order valence-electron chi connectivity index (χ3n) is 10.5. The van der Waals surface area contributed by atoms with Crippen LogP contribution in [0.25, 0.3) is 0 Å². The Labute approximate surface area is 366 Å². The lowest BCUT2D eigenvalue weighted by molar-refractivity contribution is -0.123. The molecule has 0 bridgehead atoms. The Morgan fingerprint density at radius 1 is 0.424 bits per heavy atom. The molecule has 0 aliphatic carbocycles. The maximum Gasteiger partial charge on any atom is 0.220 e. The highest BCUT2D eigenvalue weighted by atomic mass is 16.3. The average Bonchev–Trinajstić information content (AvgIpc) is 3.24. The Morgan fingerprint density at radius 3 is 1.19 bits per heavy atom. The van der Waals surface area contributed by atoms with Crippen molar-refractivity contribution in [2.24, 2.45) is 0 Å². The lowest BCUT2D eigenvalue weighted by Gasteiger charge is -2.19. The highest BCUT2D eigenvalue weighted by molar-refractivity contribution is 5.76. The molecule has 2 atom stereocenters. The number of unbranched alkanes of at least 4 members (excludes halogenated alkanes) is 20. The Bertz CT molecular complexity index is 1150. The minimum Gasteiger partial charge on any atom is -0.394 e. The smallest absolute Gasteiger partial charge is 0.220 e. The monoisotopic (exact) mass is 816 g/mol. The molecule has 0 fully saturated rings. The number of allylic oxidation sites excluding steroid dienone is 17. The first-order valence-corrected chi connectivity index (χ1v) is 24.6. The van der Waals surface area contributed by atoms with Crippen molar-refractivity contribution in [2.45, 2.75) is 225 Å². The van der Waals surface area contributed by atoms with Gasteiger partial charge in [0.15, 0.2) is 0 Å². The number of amides is 1. The first-order chi connectivity index (χ1) is 29.2. The van der Waals surface area contributed by atoms with E-state index in [1.807, 2.05) is 6.08 Å². The van der Waals surface area contributed by atoms with E-state index in [-0.39, 0.29) is 12.5 Å². The summed E-state index contributed by atoms with van der Waals surface area (Å²) in [5, 5.41) is 23.0. The van der Waals surface area contributed by atoms with Gasteiger partial charge < -0.3 is 15.5 Å². The second-order valence-corrected chi connectivity index (χ2v) is 16.1. The molecule has 1 amide bonds. The van der Waals surface area contributed by atoms with Crippen molar-refractivity contribution in [1.82, 2.24) is 5.32 Å². The molecule has 0 radical (unpaired) electrons. The van der Waals surface area contributed by atoms with E-state index in [1.54, 1.807) is 6.08 Å². The summed E-state index contributed by atoms with van der Waals surface area (Å²) in [5.41, 5.74) is 0. The lowest BCUT2D eigenvalue weighted by Crippen LogP contribution is -2.45. The Kier molecular flexibility index (Phi) is 46.9. The van der Waals surface area contributed by atoms with E-state index in [4.69, 9.17) is 0 Å². The zero-order chi connectivity index (χ0) is 42.8. The molecule has 0 aromatic rings. The second kappa shape index (κ2) is 49.4. The second-order valence-electron chi connectivity index (χ2n) is 16.1. The van der Waals surface area contributed by atoms with Crippen LogP contribution in [0.3, 0.4) is 0 Å². The van der Waals surface area contributed by atoms with Crippen LogP contribution in [0, 0.1) is 0 Å². The Morgan fingerprint density at radius 2 is 0.763 bits per heavy atom. The first kappa shape index (κ1) is 56.1. The van der Waals surface area contributed by atoms with Gasteiger partial charge in [-0.25, -0.2) is 0 Å². The average molecular weight is 816 g/mol. The van der Waals surface area contributed by atoms with Crippen LogP contribution < -0.4 is 5.32 Å². The van der Waals surface area contributed by atoms with E-state index in [1.165, 1.54) is 116 Å². The van der Waals surface area contributed by atoms with Gasteiger partial charge in [0, 0.05) is 6.42 Å². The van der Waals surface area contributed by atoms with Crippen molar-refractivity contribution in [1.29, 1.82) is 0 Å². The van der Waals surface area contributed by atoms with Crippen LogP contribution in [-0.4, -0.2) is 34.9 Å². The molecule has 0 rings (SSSR count). The van der Waals surface area contributed by atoms with Crippen LogP contribution >= 0.6 is 0 Å². The zero-order valence-electron chi connectivity index (χ0n) is 38.5. The molecular formula is C55H93NO3. The van der Waals surface area contributed by atoms with E-state index in [0.29, 0.717) is 6.42 Å². The number of rotatable bonds is 43. The third-order valence-corrected chi connectivity index (χ3v) is 10.5. The summed E-state index contributed by atoms with van der Waals surface area (Å²) in [5.74, 6) is -0.0840. The first-order valence-electron chi connectivity index (χ1n) is 24.6. The molecule has 0 aromatic heterocycles. The van der Waals surface area contributed by atoms with Gasteiger partial charge in [-0.05, 0) is 96.3 Å². The molecule has 0 aliphatic rings. The number of hydrogen-bond donors (Lipinski definition) is 3. The van der Waals surface area contributed by atoms with Crippen LogP contribution in [0.1, 0.15) is 213 Å². The van der Waals surface area contributed by atoms with Crippen molar-refractivity contribution in [3.05, 3.63) is 109 Å². The molecule has 0 heterocycles. The Hall–Kier alpha value is -2.95. The molecule has 4 heteroatoms. The van der Waals surface area contributed by atoms with E-state index >= 15 is 0 Å². The van der Waals surface area contributed by atoms with Crippen molar-refractivity contribution < 1.29 is 15.0 Å². The third kappa shape index (κ3) is 46.0. The van der Waals surface area contributed by atoms with Crippen LogP contribution in [0.4, 0.5) is 0 Å². The predicted molar refractivity (Wildman–Crippen MR) is 262 cm³/mol. The Balaban J connectivity index is 3.58. The molecular weight excluding hydrogens is 723 g/mol. The van der Waals surface area contributed by atoms with Crippen molar-refractivity contribution >= 4 is 5.91 Å². The van der Waals surface area contributed by atoms with Gasteiger partial charge in [0.05, 0.1) is 18.8 Å². The molecule has 0 aromatic carbocycles. The largest absolute Gasteiger partial charge is 0.394 e. The fourth-order valence-corrected chi connectivity index (χ4v) is 6.74. The number of carbonyl (C=O) groups excluding carboxylic acids is 1. The summed E-state index contributed by atoms with van der Waals surface area (Å²) in [6.45, 7) is 4.14. The van der Waals surface area contributed by atoms with Gasteiger partial charge in [-0.3, -0.25) is 4.79 Å². The number of hydrogen-bond acceptors (Lipinski definition) is 3. The maximum absolute atomic E-state index is 12.4. The SMILES string of the molecule is CC/C=C\C/C=C\C/C=C\C/C=C\C/C=C\C/C=C\CCCCCCCCCCCCCCCCC(=O)NC(CO)C(O)/C=C/CC/C=C/CC/C=C/CCCCCC. The van der Waals surface area contributed by atoms with Crippen LogP contribution in [0.2, 0.25) is 0 Å². The van der Waals surface area contributed by atoms with E-state index in [9.17, 15) is 15.0 Å². The van der Waals surface area contributed by atoms with Gasteiger partial charge >= 0.3 is 0 Å². The predicted octanol–water partition coefficient (Wildman–Crippen LogP) is 16.0. The summed E-state index contributed by atoms with van der Waals surface area (Å²) < 4.78 is 0. The van der Waals surface area contributed by atoms with Crippen molar-refractivity contribution in [3.63, 3.8) is 0 Å². The highest BCUT2D eigenvalue weighted by Gasteiger charge is 2.17. The molecule has 3 N–H and O–H groups in total. The van der Waals surface area contributed by atoms with Gasteiger partial charge in [-0.1, -0.05) is 220 Å². The topological polar surface area (TPSA) is 69.6 Å². The normalized spacial score (nSPS) is 13.9. The lowest BCUT2D eigenvalue weighted by atomic mass is 10.0. The summed E-state index contributed by atoms with van der Waals surface area (Å²) in [4.78, 5) is 12.4. The molecule has 0 spiro atoms. The van der Waals surface area contributed by atoms with Crippen molar-refractivity contribution in [3.8, 4) is 0 Å². The van der Waals surface area contributed by atoms with E-state index < -0.39 is 12.1 Å².